The Labute approximate surface area is 77.1 Å². The molecular weight excluding hydrogens is 146 g/mol. The molecule has 0 saturated heterocycles. The lowest BCUT2D eigenvalue weighted by atomic mass is 9.84. The molecule has 0 bridgehead atoms. The second kappa shape index (κ2) is 4.27. The highest BCUT2D eigenvalue weighted by Gasteiger charge is 2.25. The number of rotatable bonds is 2. The van der Waals surface area contributed by atoms with E-state index in [1.54, 1.807) is 0 Å². The number of nitrogens with zero attached hydrogens (tertiary/aromatic N) is 1. The summed E-state index contributed by atoms with van der Waals surface area (Å²) in [5.41, 5.74) is 0. The molecule has 72 valence electrons. The highest BCUT2D eigenvalue weighted by Crippen LogP contribution is 2.28. The van der Waals surface area contributed by atoms with Crippen LogP contribution in [0.15, 0.2) is 0 Å². The Bertz CT molecular complexity index is 131. The SMILES string of the molecule is CC(C)N(C)[C@@H]1CCCC[C@@H]1C. The van der Waals surface area contributed by atoms with E-state index in [2.05, 4.69) is 32.7 Å². The van der Waals surface area contributed by atoms with Crippen LogP contribution in [0.1, 0.15) is 46.5 Å². The lowest BCUT2D eigenvalue weighted by Gasteiger charge is -2.38. The van der Waals surface area contributed by atoms with E-state index < -0.39 is 0 Å². The zero-order valence-electron chi connectivity index (χ0n) is 9.01. The van der Waals surface area contributed by atoms with Crippen molar-refractivity contribution in [3.8, 4) is 0 Å². The van der Waals surface area contributed by atoms with Gasteiger partial charge in [-0.15, -0.1) is 0 Å². The summed E-state index contributed by atoms with van der Waals surface area (Å²) in [5, 5.41) is 0. The molecule has 1 nitrogen and oxygen atoms in total. The van der Waals surface area contributed by atoms with Crippen LogP contribution in [0, 0.1) is 5.92 Å². The first-order chi connectivity index (χ1) is 5.63. The minimum atomic E-state index is 0.704. The van der Waals surface area contributed by atoms with E-state index in [1.165, 1.54) is 25.7 Å². The van der Waals surface area contributed by atoms with E-state index in [9.17, 15) is 0 Å². The Hall–Kier alpha value is -0.0400. The molecule has 2 atom stereocenters. The van der Waals surface area contributed by atoms with E-state index in [1.807, 2.05) is 0 Å². The molecule has 0 aromatic heterocycles. The average Bonchev–Trinajstić information content (AvgIpc) is 2.04. The molecule has 1 rings (SSSR count). The van der Waals surface area contributed by atoms with Crippen LogP contribution in [0.25, 0.3) is 0 Å². The minimum absolute atomic E-state index is 0.704. The summed E-state index contributed by atoms with van der Waals surface area (Å²) in [4.78, 5) is 2.55. The van der Waals surface area contributed by atoms with Gasteiger partial charge in [-0.05, 0) is 39.7 Å². The van der Waals surface area contributed by atoms with Gasteiger partial charge in [-0.2, -0.15) is 0 Å². The van der Waals surface area contributed by atoms with Crippen LogP contribution in [-0.4, -0.2) is 24.0 Å². The zero-order chi connectivity index (χ0) is 9.14. The van der Waals surface area contributed by atoms with Crippen LogP contribution in [-0.2, 0) is 0 Å². The van der Waals surface area contributed by atoms with Gasteiger partial charge in [0.05, 0.1) is 0 Å². The van der Waals surface area contributed by atoms with E-state index in [4.69, 9.17) is 0 Å². The highest BCUT2D eigenvalue weighted by atomic mass is 15.2. The summed E-state index contributed by atoms with van der Waals surface area (Å²) in [6, 6.07) is 1.55. The third-order valence-corrected chi connectivity index (χ3v) is 3.40. The molecular formula is C11H23N. The molecule has 0 aromatic rings. The van der Waals surface area contributed by atoms with Gasteiger partial charge in [0.2, 0.25) is 0 Å². The summed E-state index contributed by atoms with van der Waals surface area (Å²) in [6.07, 6.45) is 5.73. The molecule has 0 N–H and O–H groups in total. The van der Waals surface area contributed by atoms with Gasteiger partial charge in [-0.1, -0.05) is 19.8 Å². The largest absolute Gasteiger partial charge is 0.301 e. The molecule has 1 fully saturated rings. The maximum absolute atomic E-state index is 2.55. The van der Waals surface area contributed by atoms with E-state index >= 15 is 0 Å². The van der Waals surface area contributed by atoms with Crippen molar-refractivity contribution in [3.05, 3.63) is 0 Å². The quantitative estimate of drug-likeness (QED) is 0.614. The molecule has 1 heteroatoms. The second-order valence-corrected chi connectivity index (χ2v) is 4.59. The van der Waals surface area contributed by atoms with Gasteiger partial charge in [-0.25, -0.2) is 0 Å². The van der Waals surface area contributed by atoms with Crippen LogP contribution < -0.4 is 0 Å². The Kier molecular flexibility index (Phi) is 3.57. The van der Waals surface area contributed by atoms with Gasteiger partial charge in [-0.3, -0.25) is 0 Å². The van der Waals surface area contributed by atoms with Gasteiger partial charge in [0.1, 0.15) is 0 Å². The molecule has 1 aliphatic carbocycles. The van der Waals surface area contributed by atoms with Crippen molar-refractivity contribution in [1.82, 2.24) is 4.90 Å². The van der Waals surface area contributed by atoms with E-state index in [0.29, 0.717) is 6.04 Å². The topological polar surface area (TPSA) is 3.24 Å². The third kappa shape index (κ3) is 2.22. The first-order valence-corrected chi connectivity index (χ1v) is 5.35. The summed E-state index contributed by atoms with van der Waals surface area (Å²) < 4.78 is 0. The summed E-state index contributed by atoms with van der Waals surface area (Å²) in [6.45, 7) is 6.99. The van der Waals surface area contributed by atoms with Gasteiger partial charge in [0.25, 0.3) is 0 Å². The van der Waals surface area contributed by atoms with Crippen molar-refractivity contribution in [2.75, 3.05) is 7.05 Å². The first kappa shape index (κ1) is 10.0. The van der Waals surface area contributed by atoms with Crippen LogP contribution in [0.5, 0.6) is 0 Å². The van der Waals surface area contributed by atoms with Crippen LogP contribution >= 0.6 is 0 Å². The van der Waals surface area contributed by atoms with Gasteiger partial charge >= 0.3 is 0 Å². The van der Waals surface area contributed by atoms with E-state index in [-0.39, 0.29) is 0 Å². The van der Waals surface area contributed by atoms with Crippen LogP contribution in [0.2, 0.25) is 0 Å². The number of hydrogen-bond donors (Lipinski definition) is 0. The van der Waals surface area contributed by atoms with Crippen LogP contribution in [0.3, 0.4) is 0 Å². The predicted molar refractivity (Wildman–Crippen MR) is 54.3 cm³/mol. The molecule has 0 aliphatic heterocycles. The average molecular weight is 169 g/mol. The summed E-state index contributed by atoms with van der Waals surface area (Å²) in [5.74, 6) is 0.908. The Balaban J connectivity index is 2.47. The zero-order valence-corrected chi connectivity index (χ0v) is 9.01. The molecule has 0 unspecified atom stereocenters. The smallest absolute Gasteiger partial charge is 0.0120 e. The highest BCUT2D eigenvalue weighted by molar-refractivity contribution is 4.80. The first-order valence-electron chi connectivity index (χ1n) is 5.35. The molecule has 1 aliphatic rings. The fourth-order valence-electron chi connectivity index (χ4n) is 2.28. The van der Waals surface area contributed by atoms with Crippen molar-refractivity contribution in [3.63, 3.8) is 0 Å². The lowest BCUT2D eigenvalue weighted by molar-refractivity contribution is 0.111. The molecule has 0 amide bonds. The maximum atomic E-state index is 2.55. The normalized spacial score (nSPS) is 31.5. The Morgan fingerprint density at radius 3 is 2.25 bits per heavy atom. The van der Waals surface area contributed by atoms with Gasteiger partial charge < -0.3 is 4.90 Å². The van der Waals surface area contributed by atoms with E-state index in [0.717, 1.165) is 12.0 Å². The van der Waals surface area contributed by atoms with Crippen molar-refractivity contribution in [1.29, 1.82) is 0 Å². The summed E-state index contributed by atoms with van der Waals surface area (Å²) >= 11 is 0. The maximum Gasteiger partial charge on any atom is 0.0120 e. The summed E-state index contributed by atoms with van der Waals surface area (Å²) in [7, 11) is 2.27. The fourth-order valence-corrected chi connectivity index (χ4v) is 2.28. The fraction of sp³-hybridized carbons (Fsp3) is 1.00. The van der Waals surface area contributed by atoms with Crippen molar-refractivity contribution in [2.45, 2.75) is 58.5 Å². The third-order valence-electron chi connectivity index (χ3n) is 3.40. The van der Waals surface area contributed by atoms with Crippen molar-refractivity contribution >= 4 is 0 Å². The van der Waals surface area contributed by atoms with Crippen molar-refractivity contribution in [2.24, 2.45) is 5.92 Å². The van der Waals surface area contributed by atoms with Crippen molar-refractivity contribution < 1.29 is 0 Å². The standard InChI is InChI=1S/C11H23N/c1-9(2)12(4)11-8-6-5-7-10(11)3/h9-11H,5-8H2,1-4H3/t10-,11+/m0/s1. The Morgan fingerprint density at radius 1 is 1.17 bits per heavy atom. The molecule has 0 aromatic carbocycles. The Morgan fingerprint density at radius 2 is 1.75 bits per heavy atom. The van der Waals surface area contributed by atoms with Crippen LogP contribution in [0.4, 0.5) is 0 Å². The second-order valence-electron chi connectivity index (χ2n) is 4.59. The lowest BCUT2D eigenvalue weighted by Crippen LogP contribution is -2.42. The number of hydrogen-bond acceptors (Lipinski definition) is 1. The monoisotopic (exact) mass is 169 g/mol. The molecule has 1 saturated carbocycles. The minimum Gasteiger partial charge on any atom is -0.301 e. The van der Waals surface area contributed by atoms with Gasteiger partial charge in [0, 0.05) is 12.1 Å². The molecule has 0 radical (unpaired) electrons. The molecule has 0 heterocycles. The van der Waals surface area contributed by atoms with Gasteiger partial charge in [0.15, 0.2) is 0 Å². The molecule has 12 heavy (non-hydrogen) atoms. The molecule has 0 spiro atoms. The predicted octanol–water partition coefficient (Wildman–Crippen LogP) is 2.91.